The number of urea groups is 1. The third kappa shape index (κ3) is 4.28. The zero-order chi connectivity index (χ0) is 22.2. The Bertz CT molecular complexity index is 1010. The number of carbonyl (C=O) groups excluding carboxylic acids is 2. The molecule has 0 saturated carbocycles. The molecule has 31 heavy (non-hydrogen) atoms. The molecule has 2 bridgehead atoms. The first-order valence-corrected chi connectivity index (χ1v) is 9.56. The summed E-state index contributed by atoms with van der Waals surface area (Å²) < 4.78 is 37.3. The van der Waals surface area contributed by atoms with Crippen LogP contribution in [-0.4, -0.2) is 64.6 Å². The molecule has 3 amide bonds. The zero-order valence-corrected chi connectivity index (χ0v) is 16.2. The number of pyridine rings is 1. The van der Waals surface area contributed by atoms with Crippen molar-refractivity contribution in [1.82, 2.24) is 25.4 Å². The van der Waals surface area contributed by atoms with Gasteiger partial charge >= 0.3 is 12.2 Å². The minimum Gasteiger partial charge on any atom is -0.366 e. The second-order valence-electron chi connectivity index (χ2n) is 7.31. The maximum atomic E-state index is 13.1. The van der Waals surface area contributed by atoms with Gasteiger partial charge in [0.2, 0.25) is 5.91 Å². The predicted molar refractivity (Wildman–Crippen MR) is 105 cm³/mol. The standard InChI is InChI=1S/C20H19F3N6O2/c1-2-12-5-7-24-16(9-12)27-19(31)29-13-6-8-28(10-13)15-4-3-14(26-17(15)29)18(30)25-11-20(21,22)23/h1,3-5,7,9,13-14,26H,6,8,10-11H2,(H,25,30)(H,24,27,31)/t13-,14?/m0/s1. The van der Waals surface area contributed by atoms with Crippen molar-refractivity contribution in [3.8, 4) is 12.3 Å². The largest absolute Gasteiger partial charge is 0.405 e. The first kappa shape index (κ1) is 20.6. The van der Waals surface area contributed by atoms with Crippen LogP contribution in [0.25, 0.3) is 0 Å². The van der Waals surface area contributed by atoms with E-state index in [1.54, 1.807) is 18.2 Å². The summed E-state index contributed by atoms with van der Waals surface area (Å²) in [6.07, 6.45) is 6.19. The molecule has 3 aliphatic rings. The summed E-state index contributed by atoms with van der Waals surface area (Å²) in [5, 5.41) is 7.48. The van der Waals surface area contributed by atoms with Crippen molar-refractivity contribution in [3.05, 3.63) is 47.6 Å². The number of nitrogens with zero attached hydrogens (tertiary/aromatic N) is 3. The van der Waals surface area contributed by atoms with E-state index in [4.69, 9.17) is 6.42 Å². The maximum Gasteiger partial charge on any atom is 0.405 e. The highest BCUT2D eigenvalue weighted by atomic mass is 19.4. The lowest BCUT2D eigenvalue weighted by atomic mass is 10.1. The zero-order valence-electron chi connectivity index (χ0n) is 16.2. The highest BCUT2D eigenvalue weighted by Gasteiger charge is 2.42. The van der Waals surface area contributed by atoms with Gasteiger partial charge in [0, 0.05) is 24.8 Å². The number of nitrogens with one attached hydrogen (secondary N) is 3. The van der Waals surface area contributed by atoms with Crippen LogP contribution in [0.4, 0.5) is 23.8 Å². The van der Waals surface area contributed by atoms with Gasteiger partial charge in [-0.3, -0.25) is 15.0 Å². The minimum atomic E-state index is -4.51. The van der Waals surface area contributed by atoms with E-state index in [9.17, 15) is 22.8 Å². The smallest absolute Gasteiger partial charge is 0.366 e. The third-order valence-corrected chi connectivity index (χ3v) is 5.22. The average Bonchev–Trinajstić information content (AvgIpc) is 3.15. The SMILES string of the molecule is C#Cc1ccnc(NC(=O)N2C3=C(C=CC(C(=O)NCC(F)(F)F)N3)N3CC[C@H]2C3)c1. The van der Waals surface area contributed by atoms with Crippen LogP contribution >= 0.6 is 0 Å². The van der Waals surface area contributed by atoms with E-state index in [1.165, 1.54) is 17.2 Å². The van der Waals surface area contributed by atoms with Crippen LogP contribution in [0.2, 0.25) is 0 Å². The molecular formula is C20H19F3N6O2. The lowest BCUT2D eigenvalue weighted by Gasteiger charge is -2.40. The molecule has 4 heterocycles. The summed E-state index contributed by atoms with van der Waals surface area (Å²) in [6, 6.07) is 1.51. The molecule has 1 aromatic rings. The Kier molecular flexibility index (Phi) is 5.22. The fourth-order valence-electron chi connectivity index (χ4n) is 3.81. The number of terminal acetylenes is 1. The molecule has 1 saturated heterocycles. The van der Waals surface area contributed by atoms with Crippen LogP contribution in [-0.2, 0) is 4.79 Å². The van der Waals surface area contributed by atoms with E-state index in [-0.39, 0.29) is 11.9 Å². The molecule has 162 valence electrons. The van der Waals surface area contributed by atoms with E-state index in [0.29, 0.717) is 30.0 Å². The number of alkyl halides is 3. The van der Waals surface area contributed by atoms with Gasteiger partial charge in [-0.1, -0.05) is 12.0 Å². The second kappa shape index (κ2) is 7.86. The van der Waals surface area contributed by atoms with Crippen molar-refractivity contribution in [2.24, 2.45) is 0 Å². The third-order valence-electron chi connectivity index (χ3n) is 5.22. The Morgan fingerprint density at radius 1 is 1.39 bits per heavy atom. The van der Waals surface area contributed by atoms with Crippen LogP contribution in [0.15, 0.2) is 42.0 Å². The van der Waals surface area contributed by atoms with E-state index in [0.717, 1.165) is 6.54 Å². The van der Waals surface area contributed by atoms with Crippen LogP contribution in [0.1, 0.15) is 12.0 Å². The summed E-state index contributed by atoms with van der Waals surface area (Å²) in [6.45, 7) is -0.101. The van der Waals surface area contributed by atoms with Gasteiger partial charge in [0.05, 0.1) is 11.7 Å². The van der Waals surface area contributed by atoms with Crippen molar-refractivity contribution in [1.29, 1.82) is 0 Å². The van der Waals surface area contributed by atoms with Crippen LogP contribution in [0, 0.1) is 12.3 Å². The summed E-state index contributed by atoms with van der Waals surface area (Å²) in [5.74, 6) is 2.27. The number of dihydropyridines is 1. The Balaban J connectivity index is 1.54. The molecule has 0 aliphatic carbocycles. The number of hydrogen-bond acceptors (Lipinski definition) is 5. The molecular weight excluding hydrogens is 413 g/mol. The summed E-state index contributed by atoms with van der Waals surface area (Å²) >= 11 is 0. The number of anilines is 1. The molecule has 0 spiro atoms. The first-order chi connectivity index (χ1) is 14.7. The monoisotopic (exact) mass is 432 g/mol. The van der Waals surface area contributed by atoms with E-state index < -0.39 is 30.7 Å². The molecule has 11 heteroatoms. The van der Waals surface area contributed by atoms with Gasteiger partial charge in [0.25, 0.3) is 0 Å². The van der Waals surface area contributed by atoms with E-state index >= 15 is 0 Å². The quantitative estimate of drug-likeness (QED) is 0.628. The van der Waals surface area contributed by atoms with Gasteiger partial charge in [0.15, 0.2) is 0 Å². The fraction of sp³-hybridized carbons (Fsp3) is 0.350. The summed E-state index contributed by atoms with van der Waals surface area (Å²) in [5.41, 5.74) is 1.25. The van der Waals surface area contributed by atoms with Gasteiger partial charge in [0.1, 0.15) is 24.2 Å². The molecule has 3 aliphatic heterocycles. The summed E-state index contributed by atoms with van der Waals surface area (Å²) in [7, 11) is 0. The average molecular weight is 432 g/mol. The number of fused-ring (bicyclic) bond motifs is 3. The van der Waals surface area contributed by atoms with E-state index in [2.05, 4.69) is 26.4 Å². The highest BCUT2D eigenvalue weighted by Crippen LogP contribution is 2.33. The number of hydrogen-bond donors (Lipinski definition) is 3. The topological polar surface area (TPSA) is 89.6 Å². The van der Waals surface area contributed by atoms with E-state index in [1.807, 2.05) is 5.32 Å². The van der Waals surface area contributed by atoms with Crippen molar-refractivity contribution < 1.29 is 22.8 Å². The van der Waals surface area contributed by atoms with Gasteiger partial charge in [-0.2, -0.15) is 13.2 Å². The molecule has 0 radical (unpaired) electrons. The molecule has 1 fully saturated rings. The minimum absolute atomic E-state index is 0.160. The van der Waals surface area contributed by atoms with Gasteiger partial charge in [-0.25, -0.2) is 9.78 Å². The highest BCUT2D eigenvalue weighted by molar-refractivity contribution is 5.91. The summed E-state index contributed by atoms with van der Waals surface area (Å²) in [4.78, 5) is 33.0. The molecule has 8 nitrogen and oxygen atoms in total. The number of allylic oxidation sites excluding steroid dienone is 1. The number of carbonyl (C=O) groups is 2. The molecule has 1 aromatic heterocycles. The number of amides is 3. The predicted octanol–water partition coefficient (Wildman–Crippen LogP) is 1.36. The lowest BCUT2D eigenvalue weighted by molar-refractivity contribution is -0.138. The molecule has 4 rings (SSSR count). The maximum absolute atomic E-state index is 13.1. The molecule has 0 aromatic carbocycles. The normalized spacial score (nSPS) is 21.9. The van der Waals surface area contributed by atoms with Crippen molar-refractivity contribution in [3.63, 3.8) is 0 Å². The number of halogens is 3. The van der Waals surface area contributed by atoms with Crippen molar-refractivity contribution in [2.45, 2.75) is 24.7 Å². The van der Waals surface area contributed by atoms with Crippen LogP contribution < -0.4 is 16.0 Å². The fourth-order valence-corrected chi connectivity index (χ4v) is 3.81. The molecule has 1 unspecified atom stereocenters. The van der Waals surface area contributed by atoms with Gasteiger partial charge in [-0.05, 0) is 24.6 Å². The van der Waals surface area contributed by atoms with Crippen molar-refractivity contribution in [2.75, 3.05) is 25.0 Å². The lowest BCUT2D eigenvalue weighted by Crippen LogP contribution is -2.56. The Morgan fingerprint density at radius 2 is 2.19 bits per heavy atom. The molecule has 3 N–H and O–H groups in total. The first-order valence-electron chi connectivity index (χ1n) is 9.56. The number of aromatic nitrogens is 1. The Morgan fingerprint density at radius 3 is 2.94 bits per heavy atom. The van der Waals surface area contributed by atoms with Crippen LogP contribution in [0.5, 0.6) is 0 Å². The van der Waals surface area contributed by atoms with Crippen LogP contribution in [0.3, 0.4) is 0 Å². The van der Waals surface area contributed by atoms with Crippen molar-refractivity contribution >= 4 is 17.8 Å². The van der Waals surface area contributed by atoms with Gasteiger partial charge < -0.3 is 15.5 Å². The number of rotatable bonds is 3. The Labute approximate surface area is 176 Å². The second-order valence-corrected chi connectivity index (χ2v) is 7.31. The van der Waals surface area contributed by atoms with Gasteiger partial charge in [-0.15, -0.1) is 6.42 Å². The Hall–Kier alpha value is -3.68. The molecule has 2 atom stereocenters.